The topological polar surface area (TPSA) is 85.3 Å². The van der Waals surface area contributed by atoms with Crippen LogP contribution in [0.15, 0.2) is 4.79 Å². The number of nitrogens with zero attached hydrogens (tertiary/aromatic N) is 2. The summed E-state index contributed by atoms with van der Waals surface area (Å²) in [6, 6.07) is 2.00. The maximum Gasteiger partial charge on any atom is 0.340 e. The minimum Gasteiger partial charge on any atom is -0.293 e. The molecule has 2 N–H and O–H groups in total. The Kier molecular flexibility index (Phi) is 2.06. The summed E-state index contributed by atoms with van der Waals surface area (Å²) in [6.45, 7) is 1.83. The normalized spacial score (nSPS) is 12.4. The maximum absolute atomic E-state index is 10.5. The average molecular weight is 152 g/mol. The zero-order chi connectivity index (χ0) is 8.27. The number of hydrogen-bond donors (Lipinski definition) is 2. The molecular formula is C6H8N4O. The Balaban J connectivity index is 2.78. The number of aromatic nitrogens is 3. The van der Waals surface area contributed by atoms with Crippen LogP contribution in [0.25, 0.3) is 0 Å². The Labute approximate surface area is 63.1 Å². The predicted octanol–water partition coefficient (Wildman–Crippen LogP) is 0.115. The molecule has 0 aliphatic carbocycles. The van der Waals surface area contributed by atoms with Crippen LogP contribution in [0.2, 0.25) is 0 Å². The molecule has 1 rings (SSSR count). The van der Waals surface area contributed by atoms with Crippen molar-refractivity contribution in [2.24, 2.45) is 0 Å². The fourth-order valence-corrected chi connectivity index (χ4v) is 0.750. The van der Waals surface area contributed by atoms with Gasteiger partial charge in [0, 0.05) is 12.3 Å². The van der Waals surface area contributed by atoms with Gasteiger partial charge in [-0.05, 0) is 0 Å². The van der Waals surface area contributed by atoms with Gasteiger partial charge in [-0.15, -0.1) is 0 Å². The smallest absolute Gasteiger partial charge is 0.293 e. The largest absolute Gasteiger partial charge is 0.340 e. The molecule has 1 atom stereocenters. The average Bonchev–Trinajstić information content (AvgIpc) is 2.36. The molecule has 0 radical (unpaired) electrons. The van der Waals surface area contributed by atoms with E-state index in [0.29, 0.717) is 12.2 Å². The Morgan fingerprint density at radius 3 is 3.00 bits per heavy atom. The summed E-state index contributed by atoms with van der Waals surface area (Å²) >= 11 is 0. The van der Waals surface area contributed by atoms with E-state index < -0.39 is 0 Å². The quantitative estimate of drug-likeness (QED) is 0.630. The SMILES string of the molecule is C[C@@H](CC#N)c1n[nH]c(=O)[nH]1. The Bertz CT molecular complexity index is 318. The van der Waals surface area contributed by atoms with Crippen molar-refractivity contribution >= 4 is 0 Å². The summed E-state index contributed by atoms with van der Waals surface area (Å²) in [4.78, 5) is 13.0. The molecule has 0 unspecified atom stereocenters. The highest BCUT2D eigenvalue weighted by Crippen LogP contribution is 2.10. The summed E-state index contributed by atoms with van der Waals surface area (Å²) in [7, 11) is 0. The molecule has 0 aliphatic heterocycles. The fraction of sp³-hybridized carbons (Fsp3) is 0.500. The van der Waals surface area contributed by atoms with Gasteiger partial charge in [0.2, 0.25) is 0 Å². The Morgan fingerprint density at radius 2 is 2.55 bits per heavy atom. The van der Waals surface area contributed by atoms with E-state index in [1.54, 1.807) is 0 Å². The molecule has 0 spiro atoms. The molecule has 0 bridgehead atoms. The van der Waals surface area contributed by atoms with E-state index in [1.165, 1.54) is 0 Å². The van der Waals surface area contributed by atoms with Crippen LogP contribution in [0.3, 0.4) is 0 Å². The lowest BCUT2D eigenvalue weighted by atomic mass is 10.1. The Morgan fingerprint density at radius 1 is 1.82 bits per heavy atom. The Hall–Kier alpha value is -1.57. The molecule has 1 aromatic heterocycles. The number of nitriles is 1. The van der Waals surface area contributed by atoms with E-state index >= 15 is 0 Å². The zero-order valence-corrected chi connectivity index (χ0v) is 6.09. The molecule has 0 saturated heterocycles. The second-order valence-electron chi connectivity index (χ2n) is 2.33. The molecule has 0 aliphatic rings. The van der Waals surface area contributed by atoms with Gasteiger partial charge in [0.25, 0.3) is 0 Å². The molecule has 0 aromatic carbocycles. The highest BCUT2D eigenvalue weighted by Gasteiger charge is 2.07. The summed E-state index contributed by atoms with van der Waals surface area (Å²) in [5, 5.41) is 14.3. The maximum atomic E-state index is 10.5. The third-order valence-electron chi connectivity index (χ3n) is 1.38. The van der Waals surface area contributed by atoms with Crippen LogP contribution in [0.1, 0.15) is 25.1 Å². The van der Waals surface area contributed by atoms with Crippen molar-refractivity contribution in [2.45, 2.75) is 19.3 Å². The zero-order valence-electron chi connectivity index (χ0n) is 6.09. The number of H-pyrrole nitrogens is 2. The van der Waals surface area contributed by atoms with Crippen molar-refractivity contribution < 1.29 is 0 Å². The third kappa shape index (κ3) is 1.67. The lowest BCUT2D eigenvalue weighted by molar-refractivity contribution is 0.724. The van der Waals surface area contributed by atoms with Crippen molar-refractivity contribution in [2.75, 3.05) is 0 Å². The molecule has 11 heavy (non-hydrogen) atoms. The van der Waals surface area contributed by atoms with E-state index in [0.717, 1.165) is 0 Å². The molecular weight excluding hydrogens is 144 g/mol. The van der Waals surface area contributed by atoms with Crippen LogP contribution in [0, 0.1) is 11.3 Å². The monoisotopic (exact) mass is 152 g/mol. The molecule has 0 saturated carbocycles. The van der Waals surface area contributed by atoms with Crippen LogP contribution in [0.4, 0.5) is 0 Å². The predicted molar refractivity (Wildman–Crippen MR) is 37.9 cm³/mol. The van der Waals surface area contributed by atoms with Gasteiger partial charge >= 0.3 is 5.69 Å². The van der Waals surface area contributed by atoms with Crippen molar-refractivity contribution in [3.05, 3.63) is 16.3 Å². The number of rotatable bonds is 2. The minimum atomic E-state index is -0.329. The standard InChI is InChI=1S/C6H8N4O/c1-4(2-3-7)5-8-6(11)10-9-5/h4H,2H2,1H3,(H2,8,9,10,11)/t4-/m0/s1. The van der Waals surface area contributed by atoms with Crippen LogP contribution in [0.5, 0.6) is 0 Å². The number of aromatic amines is 2. The third-order valence-corrected chi connectivity index (χ3v) is 1.38. The van der Waals surface area contributed by atoms with E-state index in [2.05, 4.69) is 15.2 Å². The fourth-order valence-electron chi connectivity index (χ4n) is 0.750. The van der Waals surface area contributed by atoms with Gasteiger partial charge in [-0.2, -0.15) is 10.4 Å². The molecule has 0 amide bonds. The first-order valence-corrected chi connectivity index (χ1v) is 3.25. The summed E-state index contributed by atoms with van der Waals surface area (Å²) in [6.07, 6.45) is 0.362. The summed E-state index contributed by atoms with van der Waals surface area (Å²) in [5.74, 6) is 0.524. The van der Waals surface area contributed by atoms with Gasteiger partial charge in [-0.25, -0.2) is 9.89 Å². The second kappa shape index (κ2) is 3.01. The van der Waals surface area contributed by atoms with E-state index in [9.17, 15) is 4.79 Å². The van der Waals surface area contributed by atoms with Gasteiger partial charge in [0.05, 0.1) is 6.07 Å². The highest BCUT2D eigenvalue weighted by atomic mass is 16.1. The second-order valence-corrected chi connectivity index (χ2v) is 2.33. The van der Waals surface area contributed by atoms with Gasteiger partial charge in [-0.1, -0.05) is 6.92 Å². The first-order valence-electron chi connectivity index (χ1n) is 3.25. The van der Waals surface area contributed by atoms with Gasteiger partial charge in [0.15, 0.2) is 0 Å². The van der Waals surface area contributed by atoms with Crippen molar-refractivity contribution in [1.29, 1.82) is 5.26 Å². The van der Waals surface area contributed by atoms with Gasteiger partial charge in [-0.3, -0.25) is 4.98 Å². The molecule has 0 fully saturated rings. The highest BCUT2D eigenvalue weighted by molar-refractivity contribution is 4.94. The van der Waals surface area contributed by atoms with Crippen LogP contribution in [-0.2, 0) is 0 Å². The number of nitrogens with one attached hydrogen (secondary N) is 2. The van der Waals surface area contributed by atoms with E-state index in [1.807, 2.05) is 13.0 Å². The van der Waals surface area contributed by atoms with Crippen molar-refractivity contribution in [3.8, 4) is 6.07 Å². The molecule has 1 heterocycles. The lowest BCUT2D eigenvalue weighted by Gasteiger charge is -1.98. The van der Waals surface area contributed by atoms with Crippen LogP contribution in [-0.4, -0.2) is 15.2 Å². The first-order chi connectivity index (χ1) is 5.24. The van der Waals surface area contributed by atoms with E-state index in [4.69, 9.17) is 5.26 Å². The first kappa shape index (κ1) is 7.54. The number of hydrogen-bond acceptors (Lipinski definition) is 3. The van der Waals surface area contributed by atoms with Crippen molar-refractivity contribution in [1.82, 2.24) is 15.2 Å². The molecule has 1 aromatic rings. The van der Waals surface area contributed by atoms with Gasteiger partial charge in [0.1, 0.15) is 5.82 Å². The van der Waals surface area contributed by atoms with Crippen LogP contribution < -0.4 is 5.69 Å². The molecule has 5 nitrogen and oxygen atoms in total. The summed E-state index contributed by atoms with van der Waals surface area (Å²) in [5.41, 5.74) is -0.329. The van der Waals surface area contributed by atoms with Crippen LogP contribution >= 0.6 is 0 Å². The molecule has 5 heteroatoms. The minimum absolute atomic E-state index is 0.0149. The van der Waals surface area contributed by atoms with Gasteiger partial charge < -0.3 is 0 Å². The molecule has 58 valence electrons. The van der Waals surface area contributed by atoms with Crippen molar-refractivity contribution in [3.63, 3.8) is 0 Å². The van der Waals surface area contributed by atoms with E-state index in [-0.39, 0.29) is 11.6 Å². The summed E-state index contributed by atoms with van der Waals surface area (Å²) < 4.78 is 0. The lowest BCUT2D eigenvalue weighted by Crippen LogP contribution is -2.02.